The third-order valence-corrected chi connectivity index (χ3v) is 5.64. The zero-order valence-corrected chi connectivity index (χ0v) is 20.9. The van der Waals surface area contributed by atoms with Gasteiger partial charge in [0.15, 0.2) is 0 Å². The van der Waals surface area contributed by atoms with Crippen LogP contribution >= 0.6 is 11.6 Å². The summed E-state index contributed by atoms with van der Waals surface area (Å²) in [6.45, 7) is 10.5. The van der Waals surface area contributed by atoms with E-state index in [1.807, 2.05) is 18.4 Å². The molecule has 1 heterocycles. The fourth-order valence-electron chi connectivity index (χ4n) is 3.44. The highest BCUT2D eigenvalue weighted by atomic mass is 35.5. The van der Waals surface area contributed by atoms with E-state index in [1.54, 1.807) is 38.5 Å². The third kappa shape index (κ3) is 6.52. The second-order valence-electron chi connectivity index (χ2n) is 8.66. The van der Waals surface area contributed by atoms with Gasteiger partial charge in [-0.05, 0) is 76.4 Å². The van der Waals surface area contributed by atoms with E-state index >= 15 is 0 Å². The van der Waals surface area contributed by atoms with Crippen LogP contribution in [0.25, 0.3) is 16.6 Å². The number of imidazole rings is 1. The number of halogens is 3. The lowest BCUT2D eigenvalue weighted by Gasteiger charge is -2.28. The number of aliphatic hydroxyl groups is 1. The number of ether oxygens (including phenoxy) is 1. The molecule has 0 unspecified atom stereocenters. The molecule has 2 aromatic carbocycles. The number of fused-ring (bicyclic) bond motifs is 1. The number of carbonyl (C=O) groups is 1. The van der Waals surface area contributed by atoms with Gasteiger partial charge in [0, 0.05) is 34.6 Å². The summed E-state index contributed by atoms with van der Waals surface area (Å²) >= 11 is 4.78. The average Bonchev–Trinajstić information content (AvgIpc) is 3.21. The lowest BCUT2D eigenvalue weighted by Crippen LogP contribution is -2.30. The van der Waals surface area contributed by atoms with Crippen molar-refractivity contribution in [3.8, 4) is 5.75 Å². The minimum atomic E-state index is -3.83. The van der Waals surface area contributed by atoms with E-state index in [1.165, 1.54) is 30.6 Å². The minimum absolute atomic E-state index is 0.154. The van der Waals surface area contributed by atoms with E-state index in [0.717, 1.165) is 11.1 Å². The van der Waals surface area contributed by atoms with Crippen molar-refractivity contribution in [2.24, 2.45) is 9.98 Å². The first-order chi connectivity index (χ1) is 16.8. The molecule has 0 saturated carbocycles. The smallest absolute Gasteiger partial charge is 0.420 e. The number of nitrogens with zero attached hydrogens (tertiary/aromatic N) is 4. The quantitative estimate of drug-likeness (QED) is 0.210. The molecule has 190 valence electrons. The molecule has 36 heavy (non-hydrogen) atoms. The molecule has 0 saturated heterocycles. The number of hydrogen-bond donors (Lipinski definition) is 2. The van der Waals surface area contributed by atoms with Gasteiger partial charge in [-0.25, -0.2) is 9.98 Å². The Morgan fingerprint density at radius 1 is 1.31 bits per heavy atom. The Hall–Kier alpha value is -3.63. The molecule has 3 aromatic rings. The van der Waals surface area contributed by atoms with Gasteiger partial charge >= 0.3 is 5.57 Å². The number of alkyl halides is 3. The molecular formula is C25H26ClF2N5O3. The number of allylic oxidation sites excluding steroid dienone is 1. The maximum absolute atomic E-state index is 13.1. The van der Waals surface area contributed by atoms with Gasteiger partial charge in [0.1, 0.15) is 12.1 Å². The predicted octanol–water partition coefficient (Wildman–Crippen LogP) is 5.88. The van der Waals surface area contributed by atoms with Gasteiger partial charge in [0.2, 0.25) is 0 Å². The molecule has 0 aliphatic rings. The molecule has 0 radical (unpaired) electrons. The molecule has 0 fully saturated rings. The predicted molar refractivity (Wildman–Crippen MR) is 138 cm³/mol. The van der Waals surface area contributed by atoms with Crippen LogP contribution in [0, 0.1) is 0 Å². The van der Waals surface area contributed by atoms with Gasteiger partial charge in [0.25, 0.3) is 5.91 Å². The van der Waals surface area contributed by atoms with Crippen LogP contribution in [0.2, 0.25) is 0 Å². The summed E-state index contributed by atoms with van der Waals surface area (Å²) in [6, 6.07) is 8.36. The van der Waals surface area contributed by atoms with Crippen LogP contribution in [0.1, 0.15) is 49.7 Å². The van der Waals surface area contributed by atoms with Crippen molar-refractivity contribution in [1.29, 1.82) is 0 Å². The Morgan fingerprint density at radius 3 is 2.56 bits per heavy atom. The highest BCUT2D eigenvalue weighted by Crippen LogP contribution is 2.32. The number of aliphatic imine (C=N–C) groups is 2. The number of anilines is 1. The minimum Gasteiger partial charge on any atom is -0.420 e. The van der Waals surface area contributed by atoms with E-state index in [2.05, 4.69) is 31.7 Å². The number of amides is 1. The fraction of sp³-hybridized carbons (Fsp3) is 0.280. The van der Waals surface area contributed by atoms with Crippen molar-refractivity contribution in [3.05, 3.63) is 60.1 Å². The van der Waals surface area contributed by atoms with Crippen molar-refractivity contribution in [1.82, 2.24) is 9.55 Å². The van der Waals surface area contributed by atoms with Gasteiger partial charge in [-0.1, -0.05) is 0 Å². The Kier molecular flexibility index (Phi) is 7.90. The van der Waals surface area contributed by atoms with E-state index in [9.17, 15) is 18.7 Å². The second-order valence-corrected chi connectivity index (χ2v) is 9.10. The van der Waals surface area contributed by atoms with Crippen LogP contribution in [0.3, 0.4) is 0 Å². The summed E-state index contributed by atoms with van der Waals surface area (Å²) in [5, 5.41) is 13.3. The largest absolute Gasteiger partial charge is 0.487 e. The van der Waals surface area contributed by atoms with Crippen molar-refractivity contribution in [3.63, 3.8) is 0 Å². The SMILES string of the molecule is C=NC=N/C=C(\C)c1cc(C(=O)Nc2ccc(OC(F)(F)Cl)cc2)cc2ncn([C@@H](C)C(C)(C)O)c12. The van der Waals surface area contributed by atoms with Gasteiger partial charge in [-0.2, -0.15) is 0 Å². The lowest BCUT2D eigenvalue weighted by atomic mass is 9.98. The third-order valence-electron chi connectivity index (χ3n) is 5.56. The van der Waals surface area contributed by atoms with Gasteiger partial charge in [-0.15, -0.1) is 8.78 Å². The molecule has 0 spiro atoms. The molecule has 1 amide bonds. The first kappa shape index (κ1) is 27.0. The van der Waals surface area contributed by atoms with Crippen molar-refractivity contribution in [2.75, 3.05) is 5.32 Å². The van der Waals surface area contributed by atoms with Crippen molar-refractivity contribution in [2.45, 2.75) is 44.9 Å². The fourth-order valence-corrected chi connectivity index (χ4v) is 3.53. The lowest BCUT2D eigenvalue weighted by molar-refractivity contribution is -0.0964. The maximum Gasteiger partial charge on any atom is 0.487 e. The van der Waals surface area contributed by atoms with Crippen LogP contribution < -0.4 is 10.1 Å². The molecule has 2 N–H and O–H groups in total. The van der Waals surface area contributed by atoms with Gasteiger partial charge in [-0.3, -0.25) is 9.79 Å². The van der Waals surface area contributed by atoms with Crippen LogP contribution in [-0.2, 0) is 0 Å². The van der Waals surface area contributed by atoms with E-state index in [0.29, 0.717) is 22.3 Å². The van der Waals surface area contributed by atoms with E-state index in [4.69, 9.17) is 11.6 Å². The molecule has 11 heteroatoms. The Bertz CT molecular complexity index is 1320. The molecule has 0 bridgehead atoms. The maximum atomic E-state index is 13.1. The Morgan fingerprint density at radius 2 is 1.97 bits per heavy atom. The van der Waals surface area contributed by atoms with Crippen LogP contribution in [0.4, 0.5) is 14.5 Å². The highest BCUT2D eigenvalue weighted by molar-refractivity contribution is 6.20. The zero-order chi connectivity index (χ0) is 26.7. The number of aromatic nitrogens is 2. The summed E-state index contributed by atoms with van der Waals surface area (Å²) in [7, 11) is 0. The number of benzene rings is 2. The summed E-state index contributed by atoms with van der Waals surface area (Å²) in [4.78, 5) is 25.2. The Labute approximate surface area is 212 Å². The topological polar surface area (TPSA) is 101 Å². The van der Waals surface area contributed by atoms with Gasteiger partial charge in [0.05, 0.1) is 29.0 Å². The monoisotopic (exact) mass is 517 g/mol. The molecule has 1 atom stereocenters. The average molecular weight is 518 g/mol. The zero-order valence-electron chi connectivity index (χ0n) is 20.2. The van der Waals surface area contributed by atoms with Crippen LogP contribution in [0.5, 0.6) is 5.75 Å². The first-order valence-corrected chi connectivity index (χ1v) is 11.2. The molecule has 3 rings (SSSR count). The summed E-state index contributed by atoms with van der Waals surface area (Å²) < 4.78 is 31.8. The summed E-state index contributed by atoms with van der Waals surface area (Å²) in [5.41, 5.74) is -1.53. The number of carbonyl (C=O) groups excluding carboxylic acids is 1. The summed E-state index contributed by atoms with van der Waals surface area (Å²) in [5.74, 6) is -0.595. The van der Waals surface area contributed by atoms with Gasteiger partial charge < -0.3 is 19.7 Å². The Balaban J connectivity index is 2.02. The molecular weight excluding hydrogens is 492 g/mol. The standard InChI is InChI=1S/C25H26ClF2N5O3/c1-15(12-30-13-29-5)20-10-17(11-21-22(20)33(14-31-21)16(2)24(3,4)35)23(34)32-18-6-8-19(9-7-18)36-25(26,27)28/h6-14,16,35H,5H2,1-4H3,(H,32,34)/b15-12+,30-13?/t16-/m0/s1. The normalized spacial score (nSPS) is 13.7. The molecule has 1 aromatic heterocycles. The van der Waals surface area contributed by atoms with Crippen LogP contribution in [-0.4, -0.2) is 44.8 Å². The highest BCUT2D eigenvalue weighted by Gasteiger charge is 2.28. The molecule has 0 aliphatic carbocycles. The van der Waals surface area contributed by atoms with Crippen molar-refractivity contribution < 1.29 is 23.4 Å². The first-order valence-electron chi connectivity index (χ1n) is 10.8. The van der Waals surface area contributed by atoms with E-state index < -0.39 is 17.1 Å². The summed E-state index contributed by atoms with van der Waals surface area (Å²) in [6.07, 6.45) is 4.50. The van der Waals surface area contributed by atoms with Crippen molar-refractivity contribution >= 4 is 52.9 Å². The number of nitrogens with one attached hydrogen (secondary N) is 1. The second kappa shape index (κ2) is 10.5. The molecule has 0 aliphatic heterocycles. The van der Waals surface area contributed by atoms with Crippen LogP contribution in [0.15, 0.2) is 58.9 Å². The molecule has 8 nitrogen and oxygen atoms in total. The number of rotatable bonds is 9. The number of hydrogen-bond acceptors (Lipinski definition) is 5. The van der Waals surface area contributed by atoms with E-state index in [-0.39, 0.29) is 11.8 Å².